The van der Waals surface area contributed by atoms with E-state index in [9.17, 15) is 9.18 Å². The Morgan fingerprint density at radius 2 is 2.06 bits per heavy atom. The third kappa shape index (κ3) is 1.70. The fourth-order valence-corrected chi connectivity index (χ4v) is 2.54. The highest BCUT2D eigenvalue weighted by atomic mass is 19.1. The van der Waals surface area contributed by atoms with E-state index in [1.165, 1.54) is 6.07 Å². The molecule has 2 rings (SSSR count). The molecule has 2 atom stereocenters. The maximum atomic E-state index is 13.8. The van der Waals surface area contributed by atoms with Crippen molar-refractivity contribution in [2.24, 2.45) is 5.92 Å². The summed E-state index contributed by atoms with van der Waals surface area (Å²) in [5.74, 6) is -1.61. The van der Waals surface area contributed by atoms with E-state index in [0.717, 1.165) is 17.5 Å². The third-order valence-corrected chi connectivity index (χ3v) is 3.44. The van der Waals surface area contributed by atoms with Crippen LogP contribution >= 0.6 is 0 Å². The fraction of sp³-hybridized carbons (Fsp3) is 0.462. The van der Waals surface area contributed by atoms with Crippen molar-refractivity contribution in [3.05, 3.63) is 34.6 Å². The minimum atomic E-state index is -0.810. The molecule has 1 aromatic rings. The first-order valence-corrected chi connectivity index (χ1v) is 5.50. The molecule has 0 heterocycles. The van der Waals surface area contributed by atoms with Crippen molar-refractivity contribution in [2.45, 2.75) is 32.6 Å². The van der Waals surface area contributed by atoms with Crippen molar-refractivity contribution in [3.63, 3.8) is 0 Å². The quantitative estimate of drug-likeness (QED) is 0.835. The summed E-state index contributed by atoms with van der Waals surface area (Å²) >= 11 is 0. The molecule has 0 saturated heterocycles. The molecule has 1 aliphatic carbocycles. The van der Waals surface area contributed by atoms with E-state index in [1.807, 2.05) is 19.9 Å². The van der Waals surface area contributed by atoms with Crippen molar-refractivity contribution in [2.75, 3.05) is 0 Å². The van der Waals surface area contributed by atoms with Crippen molar-refractivity contribution in [3.8, 4) is 0 Å². The zero-order valence-corrected chi connectivity index (χ0v) is 9.46. The molecule has 3 heteroatoms. The van der Waals surface area contributed by atoms with E-state index in [2.05, 4.69) is 0 Å². The summed E-state index contributed by atoms with van der Waals surface area (Å²) in [6.45, 7) is 3.69. The van der Waals surface area contributed by atoms with Crippen molar-refractivity contribution < 1.29 is 14.3 Å². The Balaban J connectivity index is 2.38. The standard InChI is InChI=1S/C13H15FO2/c1-7-5-8(2)12(11(14)6-7)9-3-4-10(9)13(15)16/h5-6,9-10H,3-4H2,1-2H3,(H,15,16). The second-order valence-corrected chi connectivity index (χ2v) is 4.61. The molecule has 0 aromatic heterocycles. The average molecular weight is 222 g/mol. The minimum absolute atomic E-state index is 0.141. The monoisotopic (exact) mass is 222 g/mol. The number of hydrogen-bond donors (Lipinski definition) is 1. The predicted octanol–water partition coefficient (Wildman–Crippen LogP) is 3.02. The van der Waals surface area contributed by atoms with Gasteiger partial charge in [-0.25, -0.2) is 4.39 Å². The second-order valence-electron chi connectivity index (χ2n) is 4.61. The highest BCUT2D eigenvalue weighted by Gasteiger charge is 2.39. The zero-order valence-electron chi connectivity index (χ0n) is 9.46. The SMILES string of the molecule is Cc1cc(C)c(C2CCC2C(=O)O)c(F)c1. The highest BCUT2D eigenvalue weighted by molar-refractivity contribution is 5.73. The molecule has 0 bridgehead atoms. The van der Waals surface area contributed by atoms with E-state index >= 15 is 0 Å². The Kier molecular flexibility index (Phi) is 2.70. The van der Waals surface area contributed by atoms with Gasteiger partial charge in [-0.15, -0.1) is 0 Å². The molecule has 0 aliphatic heterocycles. The van der Waals surface area contributed by atoms with E-state index < -0.39 is 11.9 Å². The topological polar surface area (TPSA) is 37.3 Å². The number of hydrogen-bond acceptors (Lipinski definition) is 1. The first kappa shape index (κ1) is 11.1. The van der Waals surface area contributed by atoms with Crippen LogP contribution in [0.1, 0.15) is 35.4 Å². The zero-order chi connectivity index (χ0) is 11.9. The first-order chi connectivity index (χ1) is 7.50. The molecule has 0 spiro atoms. The lowest BCUT2D eigenvalue weighted by molar-refractivity contribution is -0.145. The van der Waals surface area contributed by atoms with Gasteiger partial charge in [-0.3, -0.25) is 4.79 Å². The van der Waals surface area contributed by atoms with E-state index in [-0.39, 0.29) is 11.7 Å². The van der Waals surface area contributed by atoms with Gasteiger partial charge < -0.3 is 5.11 Å². The van der Waals surface area contributed by atoms with Crippen molar-refractivity contribution in [1.82, 2.24) is 0 Å². The number of aliphatic carboxylic acids is 1. The number of aryl methyl sites for hydroxylation is 2. The summed E-state index contributed by atoms with van der Waals surface area (Å²) in [7, 11) is 0. The predicted molar refractivity (Wildman–Crippen MR) is 59.0 cm³/mol. The smallest absolute Gasteiger partial charge is 0.307 e. The van der Waals surface area contributed by atoms with Gasteiger partial charge in [-0.2, -0.15) is 0 Å². The van der Waals surface area contributed by atoms with Crippen molar-refractivity contribution in [1.29, 1.82) is 0 Å². The molecule has 1 aliphatic rings. The Bertz CT molecular complexity index is 417. The molecule has 16 heavy (non-hydrogen) atoms. The van der Waals surface area contributed by atoms with Gasteiger partial charge in [0.15, 0.2) is 0 Å². The lowest BCUT2D eigenvalue weighted by Gasteiger charge is -2.35. The Morgan fingerprint density at radius 3 is 2.50 bits per heavy atom. The van der Waals surface area contributed by atoms with E-state index in [1.54, 1.807) is 0 Å². The van der Waals surface area contributed by atoms with Gasteiger partial charge in [-0.05, 0) is 49.4 Å². The molecule has 1 saturated carbocycles. The van der Waals surface area contributed by atoms with Crippen LogP contribution in [0.25, 0.3) is 0 Å². The number of benzene rings is 1. The van der Waals surface area contributed by atoms with Crippen molar-refractivity contribution >= 4 is 5.97 Å². The van der Waals surface area contributed by atoms with Crippen LogP contribution < -0.4 is 0 Å². The summed E-state index contributed by atoms with van der Waals surface area (Å²) in [6, 6.07) is 3.40. The molecular formula is C13H15FO2. The summed E-state index contributed by atoms with van der Waals surface area (Å²) in [4.78, 5) is 10.9. The van der Waals surface area contributed by atoms with Crippen LogP contribution in [0, 0.1) is 25.6 Å². The van der Waals surface area contributed by atoms with Gasteiger partial charge in [-0.1, -0.05) is 6.07 Å². The summed E-state index contributed by atoms with van der Waals surface area (Å²) < 4.78 is 13.8. The fourth-order valence-electron chi connectivity index (χ4n) is 2.54. The molecule has 2 unspecified atom stereocenters. The first-order valence-electron chi connectivity index (χ1n) is 5.50. The third-order valence-electron chi connectivity index (χ3n) is 3.44. The number of carboxylic acid groups (broad SMARTS) is 1. The maximum Gasteiger partial charge on any atom is 0.307 e. The molecular weight excluding hydrogens is 207 g/mol. The lowest BCUT2D eigenvalue weighted by atomic mass is 9.69. The van der Waals surface area contributed by atoms with Gasteiger partial charge in [0, 0.05) is 5.92 Å². The van der Waals surface area contributed by atoms with E-state index in [0.29, 0.717) is 12.0 Å². The van der Waals surface area contributed by atoms with Crippen LogP contribution in [0.4, 0.5) is 4.39 Å². The van der Waals surface area contributed by atoms with Gasteiger partial charge in [0.25, 0.3) is 0 Å². The number of rotatable bonds is 2. The number of carboxylic acids is 1. The molecule has 86 valence electrons. The number of carbonyl (C=O) groups is 1. The molecule has 1 N–H and O–H groups in total. The Hall–Kier alpha value is -1.38. The van der Waals surface area contributed by atoms with Gasteiger partial charge in [0.1, 0.15) is 5.82 Å². The summed E-state index contributed by atoms with van der Waals surface area (Å²) in [5, 5.41) is 8.98. The summed E-state index contributed by atoms with van der Waals surface area (Å²) in [6.07, 6.45) is 1.44. The van der Waals surface area contributed by atoms with Crippen LogP contribution in [0.15, 0.2) is 12.1 Å². The number of halogens is 1. The molecule has 1 aromatic carbocycles. The van der Waals surface area contributed by atoms with Crippen LogP contribution in [0.2, 0.25) is 0 Å². The largest absolute Gasteiger partial charge is 0.481 e. The molecule has 0 radical (unpaired) electrons. The van der Waals surface area contributed by atoms with Gasteiger partial charge in [0.2, 0.25) is 0 Å². The normalized spacial score (nSPS) is 23.9. The van der Waals surface area contributed by atoms with Crippen LogP contribution in [0.3, 0.4) is 0 Å². The van der Waals surface area contributed by atoms with E-state index in [4.69, 9.17) is 5.11 Å². The lowest BCUT2D eigenvalue weighted by Crippen LogP contribution is -2.32. The van der Waals surface area contributed by atoms with Crippen LogP contribution in [-0.4, -0.2) is 11.1 Å². The second kappa shape index (κ2) is 3.89. The Morgan fingerprint density at radius 1 is 1.38 bits per heavy atom. The molecule has 2 nitrogen and oxygen atoms in total. The van der Waals surface area contributed by atoms with Crippen LogP contribution in [0.5, 0.6) is 0 Å². The molecule has 1 fully saturated rings. The van der Waals surface area contributed by atoms with Gasteiger partial charge in [0.05, 0.1) is 5.92 Å². The molecule has 0 amide bonds. The van der Waals surface area contributed by atoms with Gasteiger partial charge >= 0.3 is 5.97 Å². The minimum Gasteiger partial charge on any atom is -0.481 e. The maximum absolute atomic E-state index is 13.8. The Labute approximate surface area is 94.1 Å². The van der Waals surface area contributed by atoms with Crippen LogP contribution in [-0.2, 0) is 4.79 Å². The summed E-state index contributed by atoms with van der Waals surface area (Å²) in [5.41, 5.74) is 2.35. The highest BCUT2D eigenvalue weighted by Crippen LogP contribution is 2.44. The average Bonchev–Trinajstić information content (AvgIpc) is 2.07.